The summed E-state index contributed by atoms with van der Waals surface area (Å²) in [7, 11) is -3.50. The fourth-order valence-corrected chi connectivity index (χ4v) is 5.64. The van der Waals surface area contributed by atoms with E-state index in [1.54, 1.807) is 18.3 Å². The number of halogens is 1. The fourth-order valence-electron chi connectivity index (χ4n) is 4.18. The van der Waals surface area contributed by atoms with Crippen LogP contribution in [0.4, 0.5) is 5.82 Å². The lowest BCUT2D eigenvalue weighted by Crippen LogP contribution is -2.52. The number of piperidine rings is 1. The van der Waals surface area contributed by atoms with Gasteiger partial charge in [0.1, 0.15) is 5.82 Å². The van der Waals surface area contributed by atoms with E-state index in [4.69, 9.17) is 11.6 Å². The van der Waals surface area contributed by atoms with Gasteiger partial charge in [0.05, 0.1) is 5.02 Å². The van der Waals surface area contributed by atoms with Crippen LogP contribution in [0.1, 0.15) is 18.4 Å². The molecule has 0 radical (unpaired) electrons. The Kier molecular flexibility index (Phi) is 7.13. The first-order chi connectivity index (χ1) is 15.4. The lowest BCUT2D eigenvalue weighted by atomic mass is 9.96. The molecule has 1 aromatic heterocycles. The number of aromatic nitrogens is 1. The molecule has 0 N–H and O–H groups in total. The minimum atomic E-state index is -3.50. The number of hydrogen-bond donors (Lipinski definition) is 0. The standard InChI is InChI=1S/C23H27ClN4O3S/c24-21-7-4-11-25-22(21)26-14-16-27(17-15-26)23(29)20-8-12-28(13-9-20)32(30,31)18-10-19-5-2-1-3-6-19/h1-7,10-11,18,20H,8-9,12-17H2/b18-10+. The van der Waals surface area contributed by atoms with Gasteiger partial charge in [0.15, 0.2) is 0 Å². The van der Waals surface area contributed by atoms with Crippen molar-refractivity contribution in [3.05, 3.63) is 64.7 Å². The maximum Gasteiger partial charge on any atom is 0.236 e. The maximum absolute atomic E-state index is 13.0. The van der Waals surface area contributed by atoms with Crippen molar-refractivity contribution in [2.24, 2.45) is 5.92 Å². The summed E-state index contributed by atoms with van der Waals surface area (Å²) in [5.74, 6) is 0.738. The molecule has 0 bridgehead atoms. The van der Waals surface area contributed by atoms with Gasteiger partial charge in [0.2, 0.25) is 15.9 Å². The second-order valence-electron chi connectivity index (χ2n) is 8.05. The van der Waals surface area contributed by atoms with Crippen molar-refractivity contribution in [2.45, 2.75) is 12.8 Å². The quantitative estimate of drug-likeness (QED) is 0.665. The molecule has 2 fully saturated rings. The van der Waals surface area contributed by atoms with Gasteiger partial charge in [0.25, 0.3) is 0 Å². The first-order valence-corrected chi connectivity index (χ1v) is 12.7. The molecule has 0 spiro atoms. The van der Waals surface area contributed by atoms with E-state index in [2.05, 4.69) is 9.88 Å². The highest BCUT2D eigenvalue weighted by Crippen LogP contribution is 2.26. The maximum atomic E-state index is 13.0. The monoisotopic (exact) mass is 474 g/mol. The Hall–Kier alpha value is -2.42. The predicted molar refractivity (Wildman–Crippen MR) is 127 cm³/mol. The van der Waals surface area contributed by atoms with Crippen molar-refractivity contribution in [2.75, 3.05) is 44.2 Å². The van der Waals surface area contributed by atoms with Crippen LogP contribution in [0.3, 0.4) is 0 Å². The third kappa shape index (κ3) is 5.31. The summed E-state index contributed by atoms with van der Waals surface area (Å²) in [6.07, 6.45) is 4.42. The minimum Gasteiger partial charge on any atom is -0.352 e. The lowest BCUT2D eigenvalue weighted by molar-refractivity contribution is -0.137. The van der Waals surface area contributed by atoms with Gasteiger partial charge in [-0.1, -0.05) is 41.9 Å². The molecule has 32 heavy (non-hydrogen) atoms. The van der Waals surface area contributed by atoms with Crippen molar-refractivity contribution in [3.8, 4) is 0 Å². The van der Waals surface area contributed by atoms with Gasteiger partial charge < -0.3 is 9.80 Å². The molecule has 4 rings (SSSR count). The Morgan fingerprint density at radius 1 is 0.969 bits per heavy atom. The van der Waals surface area contributed by atoms with Crippen molar-refractivity contribution in [3.63, 3.8) is 0 Å². The molecule has 2 aliphatic rings. The summed E-state index contributed by atoms with van der Waals surface area (Å²) in [5, 5.41) is 1.87. The zero-order chi connectivity index (χ0) is 22.6. The molecule has 1 amide bonds. The average molecular weight is 475 g/mol. The summed E-state index contributed by atoms with van der Waals surface area (Å²) in [6.45, 7) is 3.32. The summed E-state index contributed by atoms with van der Waals surface area (Å²) in [4.78, 5) is 21.3. The number of carbonyl (C=O) groups excluding carboxylic acids is 1. The van der Waals surface area contributed by atoms with Gasteiger partial charge in [-0.25, -0.2) is 13.4 Å². The SMILES string of the molecule is O=C(C1CCN(S(=O)(=O)/C=C/c2ccccc2)CC1)N1CCN(c2ncccc2Cl)CC1. The molecule has 0 saturated carbocycles. The highest BCUT2D eigenvalue weighted by molar-refractivity contribution is 7.92. The van der Waals surface area contributed by atoms with E-state index in [1.807, 2.05) is 41.3 Å². The topological polar surface area (TPSA) is 73.8 Å². The van der Waals surface area contributed by atoms with Crippen molar-refractivity contribution in [1.29, 1.82) is 0 Å². The number of amides is 1. The number of pyridine rings is 1. The molecule has 170 valence electrons. The van der Waals surface area contributed by atoms with Crippen LogP contribution in [0.25, 0.3) is 6.08 Å². The van der Waals surface area contributed by atoms with Crippen LogP contribution in [0, 0.1) is 5.92 Å². The second-order valence-corrected chi connectivity index (χ2v) is 10.3. The summed E-state index contributed by atoms with van der Waals surface area (Å²) in [6, 6.07) is 13.0. The van der Waals surface area contributed by atoms with Crippen LogP contribution in [0.15, 0.2) is 54.1 Å². The Morgan fingerprint density at radius 2 is 1.66 bits per heavy atom. The van der Waals surface area contributed by atoms with Crippen LogP contribution in [0.5, 0.6) is 0 Å². The highest BCUT2D eigenvalue weighted by atomic mass is 35.5. The molecule has 0 aliphatic carbocycles. The first kappa shape index (κ1) is 22.8. The number of rotatable bonds is 5. The van der Waals surface area contributed by atoms with Crippen LogP contribution in [0.2, 0.25) is 5.02 Å². The van der Waals surface area contributed by atoms with Crippen LogP contribution in [-0.4, -0.2) is 67.8 Å². The lowest BCUT2D eigenvalue weighted by Gasteiger charge is -2.38. The van der Waals surface area contributed by atoms with E-state index in [0.717, 1.165) is 11.4 Å². The van der Waals surface area contributed by atoms with Gasteiger partial charge >= 0.3 is 0 Å². The molecule has 2 aromatic rings. The number of carbonyl (C=O) groups is 1. The fraction of sp³-hybridized carbons (Fsp3) is 0.391. The number of anilines is 1. The number of sulfonamides is 1. The molecule has 0 atom stereocenters. The molecule has 2 aliphatic heterocycles. The molecule has 2 saturated heterocycles. The van der Waals surface area contributed by atoms with Crippen LogP contribution < -0.4 is 4.90 Å². The zero-order valence-electron chi connectivity index (χ0n) is 17.8. The Balaban J connectivity index is 1.28. The molecule has 7 nitrogen and oxygen atoms in total. The first-order valence-electron chi connectivity index (χ1n) is 10.8. The van der Waals surface area contributed by atoms with Gasteiger partial charge in [-0.2, -0.15) is 4.31 Å². The van der Waals surface area contributed by atoms with Crippen molar-refractivity contribution >= 4 is 39.4 Å². The normalized spacial score (nSPS) is 18.9. The van der Waals surface area contributed by atoms with Gasteiger partial charge in [-0.15, -0.1) is 0 Å². The number of piperazine rings is 1. The summed E-state index contributed by atoms with van der Waals surface area (Å²) in [5.41, 5.74) is 0.840. The largest absolute Gasteiger partial charge is 0.352 e. The Bertz CT molecular complexity index is 1060. The molecular formula is C23H27ClN4O3S. The van der Waals surface area contributed by atoms with Gasteiger partial charge in [-0.3, -0.25) is 4.79 Å². The third-order valence-corrected chi connectivity index (χ3v) is 7.88. The number of nitrogens with zero attached hydrogens (tertiary/aromatic N) is 4. The minimum absolute atomic E-state index is 0.119. The molecule has 9 heteroatoms. The third-order valence-electron chi connectivity index (χ3n) is 6.03. The second kappa shape index (κ2) is 10.0. The van der Waals surface area contributed by atoms with Crippen molar-refractivity contribution < 1.29 is 13.2 Å². The number of hydrogen-bond acceptors (Lipinski definition) is 5. The van der Waals surface area contributed by atoms with Crippen LogP contribution in [-0.2, 0) is 14.8 Å². The molecule has 1 aromatic carbocycles. The van der Waals surface area contributed by atoms with E-state index in [-0.39, 0.29) is 11.8 Å². The molecule has 3 heterocycles. The van der Waals surface area contributed by atoms with E-state index in [9.17, 15) is 13.2 Å². The number of benzene rings is 1. The Morgan fingerprint density at radius 3 is 2.31 bits per heavy atom. The average Bonchev–Trinajstić information content (AvgIpc) is 2.84. The predicted octanol–water partition coefficient (Wildman–Crippen LogP) is 3.10. The van der Waals surface area contributed by atoms with Gasteiger partial charge in [-0.05, 0) is 36.6 Å². The van der Waals surface area contributed by atoms with E-state index in [1.165, 1.54) is 9.71 Å². The zero-order valence-corrected chi connectivity index (χ0v) is 19.4. The Labute approximate surface area is 194 Å². The van der Waals surface area contributed by atoms with E-state index in [0.29, 0.717) is 57.1 Å². The van der Waals surface area contributed by atoms with E-state index >= 15 is 0 Å². The summed E-state index contributed by atoms with van der Waals surface area (Å²) < 4.78 is 26.8. The smallest absolute Gasteiger partial charge is 0.236 e. The van der Waals surface area contributed by atoms with Crippen molar-refractivity contribution in [1.82, 2.24) is 14.2 Å². The van der Waals surface area contributed by atoms with E-state index < -0.39 is 10.0 Å². The van der Waals surface area contributed by atoms with Crippen LogP contribution >= 0.6 is 11.6 Å². The highest BCUT2D eigenvalue weighted by Gasteiger charge is 2.33. The summed E-state index contributed by atoms with van der Waals surface area (Å²) >= 11 is 6.24. The van der Waals surface area contributed by atoms with Gasteiger partial charge in [0, 0.05) is 56.8 Å². The molecule has 0 unspecified atom stereocenters. The molecular weight excluding hydrogens is 448 g/mol.